The van der Waals surface area contributed by atoms with E-state index in [9.17, 15) is 0 Å². The second-order valence-electron chi connectivity index (χ2n) is 7.55. The van der Waals surface area contributed by atoms with Crippen LogP contribution < -0.4 is 5.32 Å². The van der Waals surface area contributed by atoms with Crippen molar-refractivity contribution in [1.82, 2.24) is 5.32 Å². The molecule has 3 aliphatic rings. The van der Waals surface area contributed by atoms with Gasteiger partial charge >= 0.3 is 0 Å². The first-order valence-electron chi connectivity index (χ1n) is 8.04. The fraction of sp³-hybridized carbons (Fsp3) is 0.938. The summed E-state index contributed by atoms with van der Waals surface area (Å²) in [6.07, 6.45) is 11.1. The van der Waals surface area contributed by atoms with Gasteiger partial charge in [0.05, 0.1) is 0 Å². The zero-order valence-electron chi connectivity index (χ0n) is 12.5. The van der Waals surface area contributed by atoms with Crippen LogP contribution in [0.2, 0.25) is 0 Å². The van der Waals surface area contributed by atoms with Crippen LogP contribution >= 0.6 is 11.8 Å². The van der Waals surface area contributed by atoms with Gasteiger partial charge in [-0.15, -0.1) is 0 Å². The van der Waals surface area contributed by atoms with Crippen LogP contribution in [0.3, 0.4) is 0 Å². The summed E-state index contributed by atoms with van der Waals surface area (Å²) in [7, 11) is 0. The maximum Gasteiger partial charge on any atom is 0.156 e. The SMILES string of the molecule is CC1(C)CCCCC1NC1=NCC2(CCCC2)CS1. The Morgan fingerprint density at radius 2 is 1.84 bits per heavy atom. The van der Waals surface area contributed by atoms with Crippen molar-refractivity contribution in [2.45, 2.75) is 71.3 Å². The number of rotatable bonds is 1. The molecule has 0 radical (unpaired) electrons. The van der Waals surface area contributed by atoms with Crippen LogP contribution in [0.4, 0.5) is 0 Å². The quantitative estimate of drug-likeness (QED) is 0.778. The van der Waals surface area contributed by atoms with E-state index in [0.717, 1.165) is 6.54 Å². The number of thioether (sulfide) groups is 1. The molecule has 0 aromatic carbocycles. The van der Waals surface area contributed by atoms with Crippen molar-refractivity contribution in [2.24, 2.45) is 15.8 Å². The largest absolute Gasteiger partial charge is 0.362 e. The predicted molar refractivity (Wildman–Crippen MR) is 84.8 cm³/mol. The van der Waals surface area contributed by atoms with Gasteiger partial charge in [0.15, 0.2) is 5.17 Å². The van der Waals surface area contributed by atoms with E-state index in [1.54, 1.807) is 0 Å². The van der Waals surface area contributed by atoms with Crippen LogP contribution in [0.5, 0.6) is 0 Å². The van der Waals surface area contributed by atoms with Crippen molar-refractivity contribution in [1.29, 1.82) is 0 Å². The van der Waals surface area contributed by atoms with Crippen LogP contribution in [0.1, 0.15) is 65.2 Å². The number of aliphatic imine (C=N–C) groups is 1. The van der Waals surface area contributed by atoms with Crippen molar-refractivity contribution in [2.75, 3.05) is 12.3 Å². The first kappa shape index (κ1) is 13.8. The standard InChI is InChI=1S/C16H28N2S/c1-15(2)8-4-3-7-13(15)18-14-17-11-16(12-19-14)9-5-6-10-16/h13H,3-12H2,1-2H3,(H,17,18). The molecule has 0 aromatic rings. The minimum absolute atomic E-state index is 0.434. The van der Waals surface area contributed by atoms with Crippen molar-refractivity contribution in [3.05, 3.63) is 0 Å². The molecule has 2 fully saturated rings. The minimum atomic E-state index is 0.434. The molecule has 1 N–H and O–H groups in total. The zero-order chi connectivity index (χ0) is 13.3. The molecule has 3 rings (SSSR count). The average molecular weight is 280 g/mol. The third-order valence-corrected chi connectivity index (χ3v) is 6.82. The summed E-state index contributed by atoms with van der Waals surface area (Å²) in [5, 5.41) is 5.00. The molecule has 1 atom stereocenters. The summed E-state index contributed by atoms with van der Waals surface area (Å²) in [5.74, 6) is 1.30. The molecule has 2 aliphatic carbocycles. The van der Waals surface area contributed by atoms with E-state index in [2.05, 4.69) is 19.2 Å². The van der Waals surface area contributed by atoms with Gasteiger partial charge in [-0.1, -0.05) is 51.3 Å². The van der Waals surface area contributed by atoms with Gasteiger partial charge in [0, 0.05) is 18.3 Å². The second-order valence-corrected chi connectivity index (χ2v) is 8.51. The van der Waals surface area contributed by atoms with E-state index in [0.29, 0.717) is 16.9 Å². The Kier molecular flexibility index (Phi) is 3.85. The van der Waals surface area contributed by atoms with E-state index >= 15 is 0 Å². The molecule has 0 bridgehead atoms. The summed E-state index contributed by atoms with van der Waals surface area (Å²) in [6, 6.07) is 0.630. The Balaban J connectivity index is 1.60. The van der Waals surface area contributed by atoms with E-state index < -0.39 is 0 Å². The highest BCUT2D eigenvalue weighted by atomic mass is 32.2. The number of nitrogens with zero attached hydrogens (tertiary/aromatic N) is 1. The lowest BCUT2D eigenvalue weighted by atomic mass is 9.73. The van der Waals surface area contributed by atoms with Gasteiger partial charge in [-0.2, -0.15) is 0 Å². The molecule has 0 saturated heterocycles. The van der Waals surface area contributed by atoms with E-state index in [1.807, 2.05) is 11.8 Å². The summed E-state index contributed by atoms with van der Waals surface area (Å²) < 4.78 is 0. The molecule has 19 heavy (non-hydrogen) atoms. The molecular weight excluding hydrogens is 252 g/mol. The molecule has 2 saturated carbocycles. The lowest BCUT2D eigenvalue weighted by Gasteiger charge is -2.41. The predicted octanol–water partition coefficient (Wildman–Crippen LogP) is 4.21. The van der Waals surface area contributed by atoms with E-state index in [-0.39, 0.29) is 0 Å². The molecule has 1 aliphatic heterocycles. The number of hydrogen-bond donors (Lipinski definition) is 1. The molecule has 0 amide bonds. The summed E-state index contributed by atoms with van der Waals surface area (Å²) in [6.45, 7) is 5.90. The lowest BCUT2D eigenvalue weighted by Crippen LogP contribution is -2.47. The fourth-order valence-electron chi connectivity index (χ4n) is 3.98. The highest BCUT2D eigenvalue weighted by Gasteiger charge is 2.38. The van der Waals surface area contributed by atoms with Gasteiger partial charge in [0.2, 0.25) is 0 Å². The number of amidine groups is 1. The average Bonchev–Trinajstić information content (AvgIpc) is 2.83. The highest BCUT2D eigenvalue weighted by molar-refractivity contribution is 8.13. The monoisotopic (exact) mass is 280 g/mol. The third-order valence-electron chi connectivity index (χ3n) is 5.54. The van der Waals surface area contributed by atoms with Gasteiger partial charge < -0.3 is 5.32 Å². The summed E-state index contributed by atoms with van der Waals surface area (Å²) in [5.41, 5.74) is 1.00. The number of nitrogens with one attached hydrogen (secondary N) is 1. The summed E-state index contributed by atoms with van der Waals surface area (Å²) >= 11 is 1.99. The van der Waals surface area contributed by atoms with E-state index in [1.165, 1.54) is 62.3 Å². The molecule has 1 heterocycles. The Labute approximate surface area is 122 Å². The van der Waals surface area contributed by atoms with Crippen LogP contribution in [-0.4, -0.2) is 23.5 Å². The van der Waals surface area contributed by atoms with Crippen LogP contribution in [0.15, 0.2) is 4.99 Å². The molecule has 1 spiro atoms. The van der Waals surface area contributed by atoms with Gasteiger partial charge in [-0.3, -0.25) is 4.99 Å². The van der Waals surface area contributed by atoms with Gasteiger partial charge in [-0.25, -0.2) is 0 Å². The molecule has 1 unspecified atom stereocenters. The van der Waals surface area contributed by atoms with Gasteiger partial charge in [-0.05, 0) is 36.5 Å². The van der Waals surface area contributed by atoms with Gasteiger partial charge in [0.25, 0.3) is 0 Å². The van der Waals surface area contributed by atoms with Crippen LogP contribution in [0, 0.1) is 10.8 Å². The smallest absolute Gasteiger partial charge is 0.156 e. The fourth-order valence-corrected chi connectivity index (χ4v) is 5.18. The molecule has 108 valence electrons. The van der Waals surface area contributed by atoms with E-state index in [4.69, 9.17) is 4.99 Å². The maximum atomic E-state index is 4.89. The molecule has 2 nitrogen and oxygen atoms in total. The van der Waals surface area contributed by atoms with Crippen molar-refractivity contribution in [3.8, 4) is 0 Å². The topological polar surface area (TPSA) is 24.4 Å². The van der Waals surface area contributed by atoms with Crippen molar-refractivity contribution < 1.29 is 0 Å². The van der Waals surface area contributed by atoms with Gasteiger partial charge in [0.1, 0.15) is 0 Å². The van der Waals surface area contributed by atoms with Crippen LogP contribution in [0.25, 0.3) is 0 Å². The summed E-state index contributed by atoms with van der Waals surface area (Å²) in [4.78, 5) is 4.89. The van der Waals surface area contributed by atoms with Crippen molar-refractivity contribution >= 4 is 16.9 Å². The second kappa shape index (κ2) is 5.31. The maximum absolute atomic E-state index is 4.89. The Morgan fingerprint density at radius 1 is 1.11 bits per heavy atom. The Bertz CT molecular complexity index is 356. The normalized spacial score (nSPS) is 33.2. The Hall–Kier alpha value is -0.180. The first-order valence-corrected chi connectivity index (χ1v) is 9.02. The molecule has 3 heteroatoms. The van der Waals surface area contributed by atoms with Crippen molar-refractivity contribution in [3.63, 3.8) is 0 Å². The third kappa shape index (κ3) is 2.96. The molecular formula is C16H28N2S. The first-order chi connectivity index (χ1) is 9.10. The Morgan fingerprint density at radius 3 is 2.47 bits per heavy atom. The van der Waals surface area contributed by atoms with Crippen LogP contribution in [-0.2, 0) is 0 Å². The molecule has 0 aromatic heterocycles. The zero-order valence-corrected chi connectivity index (χ0v) is 13.3. The lowest BCUT2D eigenvalue weighted by molar-refractivity contribution is 0.186. The number of hydrogen-bond acceptors (Lipinski definition) is 3. The minimum Gasteiger partial charge on any atom is -0.362 e. The highest BCUT2D eigenvalue weighted by Crippen LogP contribution is 2.43.